The highest BCUT2D eigenvalue weighted by atomic mass is 16.4. The lowest BCUT2D eigenvalue weighted by Crippen LogP contribution is -2.37. The minimum absolute atomic E-state index is 0.0342. The molecule has 1 aliphatic rings. The average molecular weight is 292 g/mol. The molecule has 1 fully saturated rings. The number of hydrogen-bond donors (Lipinski definition) is 1. The first-order valence-electron chi connectivity index (χ1n) is 7.16. The fourth-order valence-electron chi connectivity index (χ4n) is 2.62. The van der Waals surface area contributed by atoms with E-state index < -0.39 is 11.5 Å². The summed E-state index contributed by atoms with van der Waals surface area (Å²) in [5.41, 5.74) is -0.229. The number of rotatable bonds is 4. The van der Waals surface area contributed by atoms with Crippen molar-refractivity contribution in [3.63, 3.8) is 0 Å². The normalized spacial score (nSPS) is 14.7. The van der Waals surface area contributed by atoms with Crippen molar-refractivity contribution in [2.75, 3.05) is 13.1 Å². The number of amides is 1. The number of pyridine rings is 1. The van der Waals surface area contributed by atoms with Gasteiger partial charge in [0.25, 0.3) is 5.56 Å². The van der Waals surface area contributed by atoms with E-state index in [1.54, 1.807) is 11.0 Å². The number of carboxylic acids is 1. The van der Waals surface area contributed by atoms with Gasteiger partial charge in [0.1, 0.15) is 12.1 Å². The molecule has 0 spiro atoms. The molecule has 0 saturated carbocycles. The second-order valence-corrected chi connectivity index (χ2v) is 5.61. The Hall–Kier alpha value is -2.11. The fourth-order valence-corrected chi connectivity index (χ4v) is 2.62. The van der Waals surface area contributed by atoms with Crippen LogP contribution >= 0.6 is 0 Å². The first-order valence-corrected chi connectivity index (χ1v) is 7.16. The van der Waals surface area contributed by atoms with Gasteiger partial charge >= 0.3 is 5.97 Å². The maximum absolute atomic E-state index is 12.3. The summed E-state index contributed by atoms with van der Waals surface area (Å²) in [6.07, 6.45) is 1.96. The minimum atomic E-state index is -1.27. The molecule has 1 aromatic rings. The molecule has 2 rings (SSSR count). The van der Waals surface area contributed by atoms with Crippen LogP contribution in [0.15, 0.2) is 16.9 Å². The molecule has 6 heteroatoms. The highest BCUT2D eigenvalue weighted by molar-refractivity contribution is 5.87. The summed E-state index contributed by atoms with van der Waals surface area (Å²) < 4.78 is 1.30. The Morgan fingerprint density at radius 3 is 2.38 bits per heavy atom. The second kappa shape index (κ2) is 6.11. The van der Waals surface area contributed by atoms with Crippen LogP contribution in [0.4, 0.5) is 0 Å². The van der Waals surface area contributed by atoms with Gasteiger partial charge in [0, 0.05) is 18.8 Å². The van der Waals surface area contributed by atoms with E-state index >= 15 is 0 Å². The lowest BCUT2D eigenvalue weighted by molar-refractivity contribution is -0.130. The van der Waals surface area contributed by atoms with Gasteiger partial charge in [-0.3, -0.25) is 9.59 Å². The highest BCUT2D eigenvalue weighted by Gasteiger charge is 2.22. The Kier molecular flexibility index (Phi) is 4.45. The fraction of sp³-hybridized carbons (Fsp3) is 0.533. The van der Waals surface area contributed by atoms with Gasteiger partial charge in [-0.15, -0.1) is 0 Å². The number of hydrogen-bond acceptors (Lipinski definition) is 3. The zero-order valence-corrected chi connectivity index (χ0v) is 12.3. The van der Waals surface area contributed by atoms with Gasteiger partial charge in [-0.2, -0.15) is 0 Å². The average Bonchev–Trinajstić information content (AvgIpc) is 2.94. The van der Waals surface area contributed by atoms with Crippen molar-refractivity contribution in [3.8, 4) is 0 Å². The van der Waals surface area contributed by atoms with Crippen molar-refractivity contribution < 1.29 is 14.7 Å². The molecule has 1 aliphatic heterocycles. The van der Waals surface area contributed by atoms with E-state index in [1.807, 2.05) is 13.8 Å². The SMILES string of the molecule is CC(C)c1ccc(C(=O)O)c(=O)n1CC(=O)N1CCCC1. The predicted octanol–water partition coefficient (Wildman–Crippen LogP) is 1.29. The summed E-state index contributed by atoms with van der Waals surface area (Å²) in [5, 5.41) is 9.06. The van der Waals surface area contributed by atoms with Gasteiger partial charge in [-0.1, -0.05) is 13.8 Å². The zero-order valence-electron chi connectivity index (χ0n) is 12.3. The number of nitrogens with zero attached hydrogens (tertiary/aromatic N) is 2. The Morgan fingerprint density at radius 1 is 1.24 bits per heavy atom. The summed E-state index contributed by atoms with van der Waals surface area (Å²) in [4.78, 5) is 37.4. The van der Waals surface area contributed by atoms with Crippen LogP contribution < -0.4 is 5.56 Å². The van der Waals surface area contributed by atoms with Crippen molar-refractivity contribution >= 4 is 11.9 Å². The van der Waals surface area contributed by atoms with Crippen molar-refractivity contribution in [1.29, 1.82) is 0 Å². The minimum Gasteiger partial charge on any atom is -0.477 e. The number of carbonyl (C=O) groups is 2. The molecular formula is C15H20N2O4. The molecule has 0 unspecified atom stereocenters. The molecule has 21 heavy (non-hydrogen) atoms. The summed E-state index contributed by atoms with van der Waals surface area (Å²) in [6, 6.07) is 2.93. The number of carboxylic acid groups (broad SMARTS) is 1. The molecule has 0 aromatic carbocycles. The van der Waals surface area contributed by atoms with Crippen LogP contribution in [0.25, 0.3) is 0 Å². The molecule has 1 N–H and O–H groups in total. The third-order valence-electron chi connectivity index (χ3n) is 3.78. The Morgan fingerprint density at radius 2 is 1.86 bits per heavy atom. The first kappa shape index (κ1) is 15.3. The van der Waals surface area contributed by atoms with E-state index in [0.717, 1.165) is 12.8 Å². The van der Waals surface area contributed by atoms with E-state index in [2.05, 4.69) is 0 Å². The largest absolute Gasteiger partial charge is 0.477 e. The van der Waals surface area contributed by atoms with Crippen LogP contribution in [0, 0.1) is 0 Å². The van der Waals surface area contributed by atoms with Gasteiger partial charge in [0.05, 0.1) is 0 Å². The van der Waals surface area contributed by atoms with Crippen LogP contribution in [0.5, 0.6) is 0 Å². The summed E-state index contributed by atoms with van der Waals surface area (Å²) >= 11 is 0. The first-order chi connectivity index (χ1) is 9.91. The Labute approximate surface area is 123 Å². The molecule has 0 atom stereocenters. The van der Waals surface area contributed by atoms with E-state index in [4.69, 9.17) is 5.11 Å². The van der Waals surface area contributed by atoms with Crippen LogP contribution in [-0.2, 0) is 11.3 Å². The number of carbonyl (C=O) groups excluding carboxylic acids is 1. The molecule has 2 heterocycles. The van der Waals surface area contributed by atoms with E-state index in [9.17, 15) is 14.4 Å². The molecular weight excluding hydrogens is 272 g/mol. The number of likely N-dealkylation sites (tertiary alicyclic amines) is 1. The van der Waals surface area contributed by atoms with Crippen LogP contribution in [0.1, 0.15) is 48.7 Å². The lowest BCUT2D eigenvalue weighted by Gasteiger charge is -2.20. The highest BCUT2D eigenvalue weighted by Crippen LogP contribution is 2.14. The molecule has 1 saturated heterocycles. The monoisotopic (exact) mass is 292 g/mol. The molecule has 114 valence electrons. The third kappa shape index (κ3) is 3.15. The van der Waals surface area contributed by atoms with Crippen molar-refractivity contribution in [2.45, 2.75) is 39.2 Å². The quantitative estimate of drug-likeness (QED) is 0.907. The Bertz CT molecular complexity index is 613. The molecule has 0 aliphatic carbocycles. The van der Waals surface area contributed by atoms with Gasteiger partial charge in [0.2, 0.25) is 5.91 Å². The predicted molar refractivity (Wildman–Crippen MR) is 77.6 cm³/mol. The van der Waals surface area contributed by atoms with Gasteiger partial charge in [0.15, 0.2) is 0 Å². The van der Waals surface area contributed by atoms with E-state index in [0.29, 0.717) is 18.8 Å². The topological polar surface area (TPSA) is 79.6 Å². The van der Waals surface area contributed by atoms with Crippen molar-refractivity contribution in [1.82, 2.24) is 9.47 Å². The smallest absolute Gasteiger partial charge is 0.341 e. The maximum atomic E-state index is 12.3. The molecule has 6 nitrogen and oxygen atoms in total. The summed E-state index contributed by atoms with van der Waals surface area (Å²) in [7, 11) is 0. The molecule has 1 aromatic heterocycles. The molecule has 1 amide bonds. The maximum Gasteiger partial charge on any atom is 0.341 e. The Balaban J connectivity index is 2.39. The van der Waals surface area contributed by atoms with Crippen LogP contribution in [0.2, 0.25) is 0 Å². The van der Waals surface area contributed by atoms with Gasteiger partial charge < -0.3 is 14.6 Å². The number of aromatic nitrogens is 1. The van der Waals surface area contributed by atoms with E-state index in [1.165, 1.54) is 10.6 Å². The van der Waals surface area contributed by atoms with Crippen molar-refractivity contribution in [2.24, 2.45) is 0 Å². The standard InChI is InChI=1S/C15H20N2O4/c1-10(2)12-6-5-11(15(20)21)14(19)17(12)9-13(18)16-7-3-4-8-16/h5-6,10H,3-4,7-9H2,1-2H3,(H,20,21). The number of aromatic carboxylic acids is 1. The van der Waals surface area contributed by atoms with Crippen LogP contribution in [-0.4, -0.2) is 39.5 Å². The summed E-state index contributed by atoms with van der Waals surface area (Å²) in [5.74, 6) is -1.36. The lowest BCUT2D eigenvalue weighted by atomic mass is 10.1. The zero-order chi connectivity index (χ0) is 15.6. The molecule has 0 radical (unpaired) electrons. The second-order valence-electron chi connectivity index (χ2n) is 5.61. The van der Waals surface area contributed by atoms with E-state index in [-0.39, 0.29) is 23.9 Å². The molecule has 0 bridgehead atoms. The summed E-state index contributed by atoms with van der Waals surface area (Å²) in [6.45, 7) is 5.15. The third-order valence-corrected chi connectivity index (χ3v) is 3.78. The van der Waals surface area contributed by atoms with Gasteiger partial charge in [-0.05, 0) is 30.9 Å². The van der Waals surface area contributed by atoms with Crippen LogP contribution in [0.3, 0.4) is 0 Å². The van der Waals surface area contributed by atoms with Crippen molar-refractivity contribution in [3.05, 3.63) is 33.7 Å². The van der Waals surface area contributed by atoms with Gasteiger partial charge in [-0.25, -0.2) is 4.79 Å².